The monoisotopic (exact) mass is 484 g/mol. The van der Waals surface area contributed by atoms with Gasteiger partial charge in [0.1, 0.15) is 11.5 Å². The predicted octanol–water partition coefficient (Wildman–Crippen LogP) is 4.42. The van der Waals surface area contributed by atoms with Crippen molar-refractivity contribution < 1.29 is 12.8 Å². The fraction of sp³-hybridized carbons (Fsp3) is 0.200. The number of hydrogen-bond donors (Lipinski definition) is 2. The molecule has 0 spiro atoms. The quantitative estimate of drug-likeness (QED) is 0.485. The molecule has 3 rings (SSSR count). The molecule has 8 heteroatoms. The van der Waals surface area contributed by atoms with Gasteiger partial charge in [-0.2, -0.15) is 0 Å². The Hall–Kier alpha value is -1.64. The fourth-order valence-electron chi connectivity index (χ4n) is 2.81. The Balaban J connectivity index is 0.00000280. The SMILES string of the molecule is Cc1cc(Br)ccc1-c1ccc(CNCCc2ccc(S(N)(=O)=O)cc2)o1.Cl. The average Bonchev–Trinajstić information content (AvgIpc) is 3.07. The van der Waals surface area contributed by atoms with Crippen LogP contribution in [0.5, 0.6) is 0 Å². The molecule has 3 N–H and O–H groups in total. The zero-order valence-electron chi connectivity index (χ0n) is 15.3. The molecule has 0 amide bonds. The molecular formula is C20H22BrClN2O3S. The van der Waals surface area contributed by atoms with Crippen LogP contribution in [0.1, 0.15) is 16.9 Å². The van der Waals surface area contributed by atoms with Gasteiger partial charge in [0, 0.05) is 10.0 Å². The second kappa shape index (κ2) is 9.71. The molecule has 0 aliphatic heterocycles. The molecule has 5 nitrogen and oxygen atoms in total. The highest BCUT2D eigenvalue weighted by Gasteiger charge is 2.08. The average molecular weight is 486 g/mol. The topological polar surface area (TPSA) is 85.3 Å². The lowest BCUT2D eigenvalue weighted by Gasteiger charge is -2.05. The first-order valence-corrected chi connectivity index (χ1v) is 10.8. The van der Waals surface area contributed by atoms with Gasteiger partial charge in [0.05, 0.1) is 11.4 Å². The summed E-state index contributed by atoms with van der Waals surface area (Å²) in [5.74, 6) is 1.73. The van der Waals surface area contributed by atoms with Gasteiger partial charge in [0.25, 0.3) is 0 Å². The number of halogens is 2. The Kier molecular flexibility index (Phi) is 7.86. The minimum Gasteiger partial charge on any atom is -0.460 e. The van der Waals surface area contributed by atoms with Gasteiger partial charge in [-0.3, -0.25) is 0 Å². The molecule has 28 heavy (non-hydrogen) atoms. The third kappa shape index (κ3) is 5.93. The third-order valence-corrected chi connectivity index (χ3v) is 5.68. The number of furan rings is 1. The summed E-state index contributed by atoms with van der Waals surface area (Å²) in [7, 11) is -3.64. The first-order chi connectivity index (χ1) is 12.8. The smallest absolute Gasteiger partial charge is 0.238 e. The summed E-state index contributed by atoms with van der Waals surface area (Å²) in [6.07, 6.45) is 0.782. The molecule has 0 aliphatic rings. The molecule has 150 valence electrons. The van der Waals surface area contributed by atoms with Crippen molar-refractivity contribution in [3.8, 4) is 11.3 Å². The van der Waals surface area contributed by atoms with E-state index in [4.69, 9.17) is 9.56 Å². The van der Waals surface area contributed by atoms with E-state index >= 15 is 0 Å². The van der Waals surface area contributed by atoms with Gasteiger partial charge < -0.3 is 9.73 Å². The van der Waals surface area contributed by atoms with E-state index < -0.39 is 10.0 Å². The molecule has 1 heterocycles. The molecule has 0 unspecified atom stereocenters. The van der Waals surface area contributed by atoms with Gasteiger partial charge in [-0.05, 0) is 73.5 Å². The number of primary sulfonamides is 1. The minimum atomic E-state index is -3.64. The number of rotatable bonds is 7. The van der Waals surface area contributed by atoms with Crippen LogP contribution in [-0.2, 0) is 23.0 Å². The molecule has 0 saturated carbocycles. The van der Waals surface area contributed by atoms with Crippen molar-refractivity contribution in [1.82, 2.24) is 5.32 Å². The van der Waals surface area contributed by atoms with Crippen molar-refractivity contribution in [1.29, 1.82) is 0 Å². The maximum absolute atomic E-state index is 11.3. The van der Waals surface area contributed by atoms with Crippen molar-refractivity contribution in [2.24, 2.45) is 5.14 Å². The summed E-state index contributed by atoms with van der Waals surface area (Å²) < 4.78 is 29.5. The number of hydrogen-bond acceptors (Lipinski definition) is 4. The van der Waals surface area contributed by atoms with Crippen molar-refractivity contribution in [3.63, 3.8) is 0 Å². The van der Waals surface area contributed by atoms with Gasteiger partial charge >= 0.3 is 0 Å². The molecule has 2 aromatic carbocycles. The Morgan fingerprint density at radius 2 is 1.79 bits per heavy atom. The van der Waals surface area contributed by atoms with Crippen molar-refractivity contribution in [2.45, 2.75) is 24.8 Å². The Labute approximate surface area is 179 Å². The molecule has 0 aliphatic carbocycles. The number of aryl methyl sites for hydroxylation is 1. The van der Waals surface area contributed by atoms with Crippen LogP contribution in [0.2, 0.25) is 0 Å². The van der Waals surface area contributed by atoms with Gasteiger partial charge in [-0.25, -0.2) is 13.6 Å². The van der Waals surface area contributed by atoms with Crippen LogP contribution in [0.3, 0.4) is 0 Å². The van der Waals surface area contributed by atoms with E-state index in [1.807, 2.05) is 24.3 Å². The summed E-state index contributed by atoms with van der Waals surface area (Å²) >= 11 is 3.47. The number of sulfonamides is 1. The standard InChI is InChI=1S/C20H21BrN2O3S.ClH/c1-14-12-16(21)4-8-19(14)20-9-5-17(26-20)13-23-11-10-15-2-6-18(7-3-15)27(22,24)25;/h2-9,12,23H,10-11,13H2,1H3,(H2,22,24,25);1H. The summed E-state index contributed by atoms with van der Waals surface area (Å²) in [6.45, 7) is 3.44. The van der Waals surface area contributed by atoms with Crippen LogP contribution in [0.15, 0.2) is 68.4 Å². The van der Waals surface area contributed by atoms with Gasteiger partial charge in [0.2, 0.25) is 10.0 Å². The Bertz CT molecular complexity index is 1030. The molecule has 0 atom stereocenters. The van der Waals surface area contributed by atoms with Gasteiger partial charge in [0.15, 0.2) is 0 Å². The van der Waals surface area contributed by atoms with E-state index in [-0.39, 0.29) is 17.3 Å². The molecule has 0 fully saturated rings. The van der Waals surface area contributed by atoms with Crippen LogP contribution in [0, 0.1) is 6.92 Å². The Morgan fingerprint density at radius 3 is 2.43 bits per heavy atom. The van der Waals surface area contributed by atoms with E-state index in [1.54, 1.807) is 12.1 Å². The van der Waals surface area contributed by atoms with Crippen molar-refractivity contribution in [2.75, 3.05) is 6.54 Å². The first-order valence-electron chi connectivity index (χ1n) is 8.50. The van der Waals surface area contributed by atoms with E-state index in [0.717, 1.165) is 45.6 Å². The molecule has 1 aromatic heterocycles. The number of nitrogens with two attached hydrogens (primary N) is 1. The number of benzene rings is 2. The maximum Gasteiger partial charge on any atom is 0.238 e. The van der Waals surface area contributed by atoms with Crippen LogP contribution in [0.4, 0.5) is 0 Å². The highest BCUT2D eigenvalue weighted by molar-refractivity contribution is 9.10. The minimum absolute atomic E-state index is 0. The summed E-state index contributed by atoms with van der Waals surface area (Å²) in [4.78, 5) is 0.130. The van der Waals surface area contributed by atoms with Crippen molar-refractivity contribution >= 4 is 38.4 Å². The maximum atomic E-state index is 11.3. The summed E-state index contributed by atoms with van der Waals surface area (Å²) in [5, 5.41) is 8.44. The zero-order valence-corrected chi connectivity index (χ0v) is 18.5. The van der Waals surface area contributed by atoms with Gasteiger partial charge in [-0.1, -0.05) is 28.1 Å². The Morgan fingerprint density at radius 1 is 1.07 bits per heavy atom. The molecular weight excluding hydrogens is 464 g/mol. The first kappa shape index (κ1) is 22.6. The summed E-state index contributed by atoms with van der Waals surface area (Å²) in [6, 6.07) is 16.7. The van der Waals surface area contributed by atoms with E-state index in [9.17, 15) is 8.42 Å². The van der Waals surface area contributed by atoms with Gasteiger partial charge in [-0.15, -0.1) is 12.4 Å². The van der Waals surface area contributed by atoms with Crippen LogP contribution in [-0.4, -0.2) is 15.0 Å². The van der Waals surface area contributed by atoms with Crippen LogP contribution in [0.25, 0.3) is 11.3 Å². The normalized spacial score (nSPS) is 11.2. The molecule has 0 radical (unpaired) electrons. The highest BCUT2D eigenvalue weighted by atomic mass is 79.9. The van der Waals surface area contributed by atoms with Crippen LogP contribution < -0.4 is 10.5 Å². The molecule has 0 saturated heterocycles. The van der Waals surface area contributed by atoms with Crippen molar-refractivity contribution in [3.05, 3.63) is 76.0 Å². The lowest BCUT2D eigenvalue weighted by Crippen LogP contribution is -2.16. The molecule has 0 bridgehead atoms. The van der Waals surface area contributed by atoms with E-state index in [2.05, 4.69) is 34.2 Å². The lowest BCUT2D eigenvalue weighted by molar-refractivity contribution is 0.494. The van der Waals surface area contributed by atoms with E-state index in [1.165, 1.54) is 12.1 Å². The second-order valence-electron chi connectivity index (χ2n) is 6.34. The largest absolute Gasteiger partial charge is 0.460 e. The second-order valence-corrected chi connectivity index (χ2v) is 8.82. The lowest BCUT2D eigenvalue weighted by atomic mass is 10.1. The fourth-order valence-corrected chi connectivity index (χ4v) is 3.80. The zero-order chi connectivity index (χ0) is 19.4. The van der Waals surface area contributed by atoms with Crippen LogP contribution >= 0.6 is 28.3 Å². The predicted molar refractivity (Wildman–Crippen MR) is 117 cm³/mol. The summed E-state index contributed by atoms with van der Waals surface area (Å²) in [5.41, 5.74) is 3.28. The number of nitrogens with one attached hydrogen (secondary N) is 1. The third-order valence-electron chi connectivity index (χ3n) is 4.26. The highest BCUT2D eigenvalue weighted by Crippen LogP contribution is 2.27. The van der Waals surface area contributed by atoms with E-state index in [0.29, 0.717) is 6.54 Å². The molecule has 3 aromatic rings.